The van der Waals surface area contributed by atoms with Gasteiger partial charge in [-0.1, -0.05) is 11.6 Å². The number of benzene rings is 2. The fourth-order valence-electron chi connectivity index (χ4n) is 2.32. The molecule has 2 rings (SSSR count). The van der Waals surface area contributed by atoms with Gasteiger partial charge in [-0.05, 0) is 31.2 Å². The molecule has 0 aromatic heterocycles. The fourth-order valence-corrected chi connectivity index (χ4v) is 2.54. The van der Waals surface area contributed by atoms with Gasteiger partial charge in [-0.2, -0.15) is 13.2 Å². The lowest BCUT2D eigenvalue weighted by atomic mass is 10.2. The maximum atomic E-state index is 12.7. The Balaban J connectivity index is 2.12. The van der Waals surface area contributed by atoms with Crippen LogP contribution in [-0.4, -0.2) is 37.3 Å². The van der Waals surface area contributed by atoms with Gasteiger partial charge in [0.1, 0.15) is 18.1 Å². The zero-order chi connectivity index (χ0) is 23.2. The van der Waals surface area contributed by atoms with Crippen LogP contribution in [0.15, 0.2) is 36.4 Å². The van der Waals surface area contributed by atoms with Crippen molar-refractivity contribution < 1.29 is 41.8 Å². The number of nitrogens with zero attached hydrogens (tertiary/aromatic N) is 1. The first-order valence-electron chi connectivity index (χ1n) is 8.68. The monoisotopic (exact) mass is 463 g/mol. The summed E-state index contributed by atoms with van der Waals surface area (Å²) in [6.07, 6.45) is -5.41. The second-order valence-electron chi connectivity index (χ2n) is 6.02. The van der Waals surface area contributed by atoms with Crippen LogP contribution >= 0.6 is 11.6 Å². The molecule has 1 atom stereocenters. The number of nitro benzene ring substituents is 1. The molecule has 168 valence electrons. The minimum absolute atomic E-state index is 0.0473. The number of carbonyl (C=O) groups is 1. The predicted molar refractivity (Wildman–Crippen MR) is 103 cm³/mol. The van der Waals surface area contributed by atoms with Crippen molar-refractivity contribution in [3.8, 4) is 17.2 Å². The van der Waals surface area contributed by atoms with Crippen LogP contribution in [0.2, 0.25) is 5.02 Å². The van der Waals surface area contributed by atoms with E-state index < -0.39 is 28.7 Å². The molecule has 0 radical (unpaired) electrons. The molecule has 1 unspecified atom stereocenters. The standard InChI is InChI=1S/C19H17ClF3NO7/c1-11(18(25)28-2)29-7-8-30-17-10-13(4-5-15(17)24(26)27)31-16-6-3-12(9-14(16)20)19(21,22)23/h3-6,9-11H,7-8H2,1-2H3. The third-order valence-electron chi connectivity index (χ3n) is 3.86. The van der Waals surface area contributed by atoms with Gasteiger partial charge in [0.25, 0.3) is 0 Å². The molecule has 0 spiro atoms. The van der Waals surface area contributed by atoms with Gasteiger partial charge in [-0.25, -0.2) is 4.79 Å². The second kappa shape index (κ2) is 10.3. The number of ether oxygens (including phenoxy) is 4. The van der Waals surface area contributed by atoms with E-state index in [1.807, 2.05) is 0 Å². The van der Waals surface area contributed by atoms with E-state index in [4.69, 9.17) is 25.8 Å². The third-order valence-corrected chi connectivity index (χ3v) is 4.15. The van der Waals surface area contributed by atoms with Gasteiger partial charge in [0.2, 0.25) is 5.75 Å². The Bertz CT molecular complexity index is 953. The highest BCUT2D eigenvalue weighted by molar-refractivity contribution is 6.32. The normalized spacial score (nSPS) is 12.2. The maximum Gasteiger partial charge on any atom is 0.416 e. The SMILES string of the molecule is COC(=O)C(C)OCCOc1cc(Oc2ccc(C(F)(F)F)cc2Cl)ccc1[N+](=O)[O-]. The quantitative estimate of drug-likeness (QED) is 0.223. The van der Waals surface area contributed by atoms with E-state index in [1.54, 1.807) is 0 Å². The molecule has 0 aliphatic carbocycles. The van der Waals surface area contributed by atoms with E-state index in [2.05, 4.69) is 4.74 Å². The first-order valence-corrected chi connectivity index (χ1v) is 9.06. The summed E-state index contributed by atoms with van der Waals surface area (Å²) in [6.45, 7) is 1.27. The van der Waals surface area contributed by atoms with Crippen molar-refractivity contribution >= 4 is 23.3 Å². The first kappa shape index (κ1) is 24.2. The number of methoxy groups -OCH3 is 1. The Morgan fingerprint density at radius 3 is 2.45 bits per heavy atom. The van der Waals surface area contributed by atoms with Gasteiger partial charge in [0, 0.05) is 12.1 Å². The smallest absolute Gasteiger partial charge is 0.416 e. The number of rotatable bonds is 9. The molecule has 2 aromatic rings. The van der Waals surface area contributed by atoms with E-state index in [9.17, 15) is 28.1 Å². The third kappa shape index (κ3) is 6.72. The maximum absolute atomic E-state index is 12.7. The van der Waals surface area contributed by atoms with Gasteiger partial charge in [-0.3, -0.25) is 10.1 Å². The van der Waals surface area contributed by atoms with E-state index in [0.29, 0.717) is 6.07 Å². The van der Waals surface area contributed by atoms with E-state index >= 15 is 0 Å². The molecule has 0 saturated heterocycles. The highest BCUT2D eigenvalue weighted by Gasteiger charge is 2.31. The Kier molecular flexibility index (Phi) is 8.06. The minimum atomic E-state index is -4.57. The number of alkyl halides is 3. The zero-order valence-corrected chi connectivity index (χ0v) is 17.0. The number of nitro groups is 1. The van der Waals surface area contributed by atoms with Gasteiger partial charge >= 0.3 is 17.8 Å². The first-order chi connectivity index (χ1) is 14.5. The average molecular weight is 464 g/mol. The van der Waals surface area contributed by atoms with Crippen molar-refractivity contribution in [1.82, 2.24) is 0 Å². The summed E-state index contributed by atoms with van der Waals surface area (Å²) in [5, 5.41) is 10.9. The lowest BCUT2D eigenvalue weighted by Gasteiger charge is -2.13. The molecule has 31 heavy (non-hydrogen) atoms. The van der Waals surface area contributed by atoms with Crippen LogP contribution in [0.25, 0.3) is 0 Å². The lowest BCUT2D eigenvalue weighted by Crippen LogP contribution is -2.24. The van der Waals surface area contributed by atoms with E-state index in [-0.39, 0.29) is 41.2 Å². The molecule has 2 aromatic carbocycles. The average Bonchev–Trinajstić information content (AvgIpc) is 2.71. The molecule has 0 aliphatic heterocycles. The molecule has 0 N–H and O–H groups in total. The zero-order valence-electron chi connectivity index (χ0n) is 16.3. The van der Waals surface area contributed by atoms with Crippen LogP contribution in [0, 0.1) is 10.1 Å². The number of hydrogen-bond acceptors (Lipinski definition) is 7. The summed E-state index contributed by atoms with van der Waals surface area (Å²) in [4.78, 5) is 21.8. The van der Waals surface area contributed by atoms with Crippen molar-refractivity contribution in [2.24, 2.45) is 0 Å². The topological polar surface area (TPSA) is 97.1 Å². The Morgan fingerprint density at radius 2 is 1.87 bits per heavy atom. The highest BCUT2D eigenvalue weighted by Crippen LogP contribution is 2.38. The van der Waals surface area contributed by atoms with Crippen LogP contribution in [-0.2, 0) is 20.4 Å². The fraction of sp³-hybridized carbons (Fsp3) is 0.316. The molecule has 12 heteroatoms. The van der Waals surface area contributed by atoms with Crippen molar-refractivity contribution in [2.75, 3.05) is 20.3 Å². The van der Waals surface area contributed by atoms with Crippen LogP contribution in [0.5, 0.6) is 17.2 Å². The molecule has 0 fully saturated rings. The van der Waals surface area contributed by atoms with Crippen LogP contribution in [0.1, 0.15) is 12.5 Å². The Hall–Kier alpha value is -3.05. The highest BCUT2D eigenvalue weighted by atomic mass is 35.5. The van der Waals surface area contributed by atoms with Gasteiger partial charge in [-0.15, -0.1) is 0 Å². The van der Waals surface area contributed by atoms with Crippen molar-refractivity contribution in [3.63, 3.8) is 0 Å². The van der Waals surface area contributed by atoms with Crippen molar-refractivity contribution in [3.05, 3.63) is 57.1 Å². The second-order valence-corrected chi connectivity index (χ2v) is 6.42. The number of halogens is 4. The molecule has 8 nitrogen and oxygen atoms in total. The minimum Gasteiger partial charge on any atom is -0.484 e. The summed E-state index contributed by atoms with van der Waals surface area (Å²) in [5.41, 5.74) is -1.31. The van der Waals surface area contributed by atoms with Crippen molar-refractivity contribution in [1.29, 1.82) is 0 Å². The molecular weight excluding hydrogens is 447 g/mol. The summed E-state index contributed by atoms with van der Waals surface area (Å²) in [6, 6.07) is 6.09. The van der Waals surface area contributed by atoms with Crippen LogP contribution in [0.3, 0.4) is 0 Å². The van der Waals surface area contributed by atoms with Crippen LogP contribution < -0.4 is 9.47 Å². The van der Waals surface area contributed by atoms with E-state index in [0.717, 1.165) is 18.2 Å². The predicted octanol–water partition coefficient (Wildman–Crippen LogP) is 5.02. The van der Waals surface area contributed by atoms with Crippen LogP contribution in [0.4, 0.5) is 18.9 Å². The van der Waals surface area contributed by atoms with E-state index in [1.165, 1.54) is 26.2 Å². The Labute approximate surface area is 179 Å². The Morgan fingerprint density at radius 1 is 1.16 bits per heavy atom. The van der Waals surface area contributed by atoms with Gasteiger partial charge < -0.3 is 18.9 Å². The molecular formula is C19H17ClF3NO7. The largest absolute Gasteiger partial charge is 0.484 e. The lowest BCUT2D eigenvalue weighted by molar-refractivity contribution is -0.385. The number of carbonyl (C=O) groups excluding carboxylic acids is 1. The molecule has 0 aliphatic rings. The summed E-state index contributed by atoms with van der Waals surface area (Å²) in [5.74, 6) is -0.787. The summed E-state index contributed by atoms with van der Waals surface area (Å²) < 4.78 is 58.7. The van der Waals surface area contributed by atoms with Crippen molar-refractivity contribution in [2.45, 2.75) is 19.2 Å². The molecule has 0 saturated carbocycles. The summed E-state index contributed by atoms with van der Waals surface area (Å²) >= 11 is 5.86. The molecule has 0 heterocycles. The van der Waals surface area contributed by atoms with Gasteiger partial charge in [0.15, 0.2) is 6.10 Å². The number of hydrogen-bond donors (Lipinski definition) is 0. The number of esters is 1. The molecule has 0 amide bonds. The summed E-state index contributed by atoms with van der Waals surface area (Å²) in [7, 11) is 1.20. The van der Waals surface area contributed by atoms with Gasteiger partial charge in [0.05, 0.1) is 29.2 Å². The molecule has 0 bridgehead atoms.